The van der Waals surface area contributed by atoms with Crippen LogP contribution in [0, 0.1) is 23.7 Å². The zero-order chi connectivity index (χ0) is 16.9. The van der Waals surface area contributed by atoms with Crippen molar-refractivity contribution in [1.29, 1.82) is 0 Å². The van der Waals surface area contributed by atoms with E-state index in [2.05, 4.69) is 18.7 Å². The van der Waals surface area contributed by atoms with Crippen LogP contribution >= 0.6 is 0 Å². The van der Waals surface area contributed by atoms with Crippen LogP contribution in [0.2, 0.25) is 0 Å². The zero-order valence-electron chi connectivity index (χ0n) is 13.7. The number of carbonyl (C=O) groups excluding carboxylic acids is 1. The normalized spacial score (nSPS) is 43.4. The zero-order valence-corrected chi connectivity index (χ0v) is 13.7. The Balaban J connectivity index is 1.60. The number of ether oxygens (including phenoxy) is 1. The summed E-state index contributed by atoms with van der Waals surface area (Å²) >= 11 is 0. The minimum atomic E-state index is -0.826. The summed E-state index contributed by atoms with van der Waals surface area (Å²) in [5.74, 6) is 0.303. The molecule has 2 bridgehead atoms. The number of fused-ring (bicyclic) bond motifs is 3. The first-order valence-corrected chi connectivity index (χ1v) is 8.99. The third kappa shape index (κ3) is 1.38. The van der Waals surface area contributed by atoms with Crippen molar-refractivity contribution in [1.82, 2.24) is 0 Å². The van der Waals surface area contributed by atoms with Crippen molar-refractivity contribution in [3.63, 3.8) is 0 Å². The summed E-state index contributed by atoms with van der Waals surface area (Å²) in [6, 6.07) is 14.1. The Morgan fingerprint density at radius 1 is 1.20 bits per heavy atom. The van der Waals surface area contributed by atoms with Crippen molar-refractivity contribution in [3.8, 4) is 0 Å². The number of anilines is 1. The van der Waals surface area contributed by atoms with Gasteiger partial charge in [-0.2, -0.15) is 0 Å². The third-order valence-corrected chi connectivity index (χ3v) is 7.01. The lowest BCUT2D eigenvalue weighted by Crippen LogP contribution is -2.50. The second-order valence-electron chi connectivity index (χ2n) is 7.82. The first kappa shape index (κ1) is 14.0. The minimum absolute atomic E-state index is 0.0225. The Morgan fingerprint density at radius 2 is 2.00 bits per heavy atom. The lowest BCUT2D eigenvalue weighted by molar-refractivity contribution is -0.130. The molecule has 0 aromatic heterocycles. The Bertz CT molecular complexity index is 934. The van der Waals surface area contributed by atoms with Gasteiger partial charge in [-0.15, -0.1) is 0 Å². The SMILES string of the molecule is C=CC12OC3C(O)C4CC3C1C4C(=O)N2c1cccc2ccccc12. The molecule has 2 saturated carbocycles. The van der Waals surface area contributed by atoms with Crippen LogP contribution in [0.3, 0.4) is 0 Å². The van der Waals surface area contributed by atoms with Gasteiger partial charge < -0.3 is 9.84 Å². The summed E-state index contributed by atoms with van der Waals surface area (Å²) in [7, 11) is 0. The van der Waals surface area contributed by atoms with E-state index in [0.29, 0.717) is 0 Å². The molecular weight excluding hydrogens is 314 g/mol. The maximum absolute atomic E-state index is 13.5. The van der Waals surface area contributed by atoms with Crippen LogP contribution in [0.5, 0.6) is 0 Å². The summed E-state index contributed by atoms with van der Waals surface area (Å²) in [6.45, 7) is 4.04. The van der Waals surface area contributed by atoms with Crippen LogP contribution in [-0.2, 0) is 9.53 Å². The van der Waals surface area contributed by atoms with Gasteiger partial charge in [-0.3, -0.25) is 9.69 Å². The average Bonchev–Trinajstić information content (AvgIpc) is 3.30. The van der Waals surface area contributed by atoms with Crippen LogP contribution in [0.25, 0.3) is 10.8 Å². The van der Waals surface area contributed by atoms with Crippen LogP contribution in [0.1, 0.15) is 6.42 Å². The van der Waals surface area contributed by atoms with Crippen molar-refractivity contribution in [2.45, 2.75) is 24.4 Å². The molecule has 25 heavy (non-hydrogen) atoms. The van der Waals surface area contributed by atoms with E-state index in [1.165, 1.54) is 0 Å². The van der Waals surface area contributed by atoms with E-state index < -0.39 is 11.8 Å². The number of aliphatic hydroxyl groups is 1. The highest BCUT2D eigenvalue weighted by Gasteiger charge is 2.77. The highest BCUT2D eigenvalue weighted by molar-refractivity contribution is 6.08. The topological polar surface area (TPSA) is 49.8 Å². The van der Waals surface area contributed by atoms with Crippen LogP contribution in [0.15, 0.2) is 55.1 Å². The predicted molar refractivity (Wildman–Crippen MR) is 93.8 cm³/mol. The van der Waals surface area contributed by atoms with Gasteiger partial charge in [0.1, 0.15) is 0 Å². The van der Waals surface area contributed by atoms with Gasteiger partial charge in [0.15, 0.2) is 5.72 Å². The van der Waals surface area contributed by atoms with Crippen molar-refractivity contribution >= 4 is 22.4 Å². The number of benzene rings is 2. The molecular formula is C21H19NO3. The predicted octanol–water partition coefficient (Wildman–Crippen LogP) is 2.71. The van der Waals surface area contributed by atoms with Crippen molar-refractivity contribution < 1.29 is 14.6 Å². The molecule has 1 N–H and O–H groups in total. The highest BCUT2D eigenvalue weighted by Crippen LogP contribution is 2.68. The lowest BCUT2D eigenvalue weighted by Gasteiger charge is -2.37. The minimum Gasteiger partial charge on any atom is -0.390 e. The summed E-state index contributed by atoms with van der Waals surface area (Å²) in [5.41, 5.74) is 0.0555. The molecule has 126 valence electrons. The fraction of sp³-hybridized carbons (Fsp3) is 0.381. The fourth-order valence-electron chi connectivity index (χ4n) is 6.19. The second-order valence-corrected chi connectivity index (χ2v) is 7.82. The first-order chi connectivity index (χ1) is 12.2. The number of hydrogen-bond acceptors (Lipinski definition) is 3. The Morgan fingerprint density at radius 3 is 2.84 bits per heavy atom. The molecule has 4 aliphatic rings. The van der Waals surface area contributed by atoms with E-state index in [1.54, 1.807) is 6.08 Å². The molecule has 7 atom stereocenters. The number of carbonyl (C=O) groups is 1. The number of amides is 1. The fourth-order valence-corrected chi connectivity index (χ4v) is 6.19. The van der Waals surface area contributed by atoms with Gasteiger partial charge in [0.2, 0.25) is 5.91 Å². The standard InChI is InChI=1S/C21H19NO3/c1-2-21-17-14-10-13(18(23)19(14)25-21)16(17)20(24)22(21)15-9-5-7-11-6-3-4-8-12(11)15/h2-9,13-14,16-19,23H,1,10H2. The molecule has 7 unspecified atom stereocenters. The van der Waals surface area contributed by atoms with E-state index in [4.69, 9.17) is 4.74 Å². The van der Waals surface area contributed by atoms with Gasteiger partial charge in [0.25, 0.3) is 0 Å². The van der Waals surface area contributed by atoms with E-state index in [1.807, 2.05) is 35.2 Å². The largest absolute Gasteiger partial charge is 0.390 e. The molecule has 2 heterocycles. The maximum Gasteiger partial charge on any atom is 0.233 e. The molecule has 2 aromatic carbocycles. The van der Waals surface area contributed by atoms with Crippen LogP contribution in [-0.4, -0.2) is 28.9 Å². The van der Waals surface area contributed by atoms with Crippen molar-refractivity contribution in [2.75, 3.05) is 4.90 Å². The van der Waals surface area contributed by atoms with Crippen LogP contribution in [0.4, 0.5) is 5.69 Å². The van der Waals surface area contributed by atoms with Crippen LogP contribution < -0.4 is 4.90 Å². The molecule has 2 saturated heterocycles. The van der Waals surface area contributed by atoms with E-state index in [-0.39, 0.29) is 35.7 Å². The van der Waals surface area contributed by atoms with E-state index in [9.17, 15) is 9.90 Å². The molecule has 4 fully saturated rings. The monoisotopic (exact) mass is 333 g/mol. The molecule has 4 heteroatoms. The molecule has 2 aliphatic carbocycles. The molecule has 0 spiro atoms. The first-order valence-electron chi connectivity index (χ1n) is 8.99. The van der Waals surface area contributed by atoms with Gasteiger partial charge in [-0.25, -0.2) is 0 Å². The average molecular weight is 333 g/mol. The number of hydrogen-bond donors (Lipinski definition) is 1. The molecule has 6 rings (SSSR count). The van der Waals surface area contributed by atoms with Gasteiger partial charge in [-0.05, 0) is 35.8 Å². The summed E-state index contributed by atoms with van der Waals surface area (Å²) in [6.07, 6.45) is 2.00. The van der Waals surface area contributed by atoms with Gasteiger partial charge in [-0.1, -0.05) is 43.0 Å². The van der Waals surface area contributed by atoms with E-state index in [0.717, 1.165) is 22.9 Å². The third-order valence-electron chi connectivity index (χ3n) is 7.01. The van der Waals surface area contributed by atoms with Gasteiger partial charge >= 0.3 is 0 Å². The quantitative estimate of drug-likeness (QED) is 0.860. The Kier molecular flexibility index (Phi) is 2.43. The van der Waals surface area contributed by atoms with Crippen molar-refractivity contribution in [2.24, 2.45) is 23.7 Å². The maximum atomic E-state index is 13.5. The number of aliphatic hydroxyl groups excluding tert-OH is 1. The Labute approximate surface area is 145 Å². The highest BCUT2D eigenvalue weighted by atomic mass is 16.6. The molecule has 0 radical (unpaired) electrons. The number of rotatable bonds is 2. The van der Waals surface area contributed by atoms with Gasteiger partial charge in [0, 0.05) is 11.3 Å². The lowest BCUT2D eigenvalue weighted by atomic mass is 9.77. The molecule has 2 aliphatic heterocycles. The molecule has 2 aromatic rings. The van der Waals surface area contributed by atoms with Crippen molar-refractivity contribution in [3.05, 3.63) is 55.1 Å². The smallest absolute Gasteiger partial charge is 0.233 e. The van der Waals surface area contributed by atoms with E-state index >= 15 is 0 Å². The molecule has 4 nitrogen and oxygen atoms in total. The molecule has 1 amide bonds. The Hall–Kier alpha value is -2.17. The summed E-state index contributed by atoms with van der Waals surface area (Å²) < 4.78 is 6.40. The second kappa shape index (κ2) is 4.32. The van der Waals surface area contributed by atoms with Gasteiger partial charge in [0.05, 0.1) is 23.8 Å². The summed E-state index contributed by atoms with van der Waals surface area (Å²) in [4.78, 5) is 15.3. The summed E-state index contributed by atoms with van der Waals surface area (Å²) in [5, 5.41) is 12.7. The number of nitrogens with zero attached hydrogens (tertiary/aromatic N) is 1.